The van der Waals surface area contributed by atoms with Gasteiger partial charge < -0.3 is 16.0 Å². The molecule has 1 spiro atoms. The van der Waals surface area contributed by atoms with Gasteiger partial charge in [0.25, 0.3) is 11.8 Å². The predicted molar refractivity (Wildman–Crippen MR) is 109 cm³/mol. The van der Waals surface area contributed by atoms with Crippen molar-refractivity contribution in [1.29, 1.82) is 0 Å². The van der Waals surface area contributed by atoms with E-state index in [0.717, 1.165) is 30.6 Å². The second kappa shape index (κ2) is 8.82. The van der Waals surface area contributed by atoms with E-state index in [0.29, 0.717) is 24.4 Å². The minimum Gasteiger partial charge on any atom is -0.352 e. The number of imide groups is 1. The molecule has 1 aliphatic heterocycles. The van der Waals surface area contributed by atoms with Gasteiger partial charge in [0.2, 0.25) is 5.91 Å². The Kier molecular flexibility index (Phi) is 6.42. The van der Waals surface area contributed by atoms with Crippen molar-refractivity contribution >= 4 is 41.0 Å². The van der Waals surface area contributed by atoms with Crippen LogP contribution in [0.15, 0.2) is 18.2 Å². The lowest BCUT2D eigenvalue weighted by Crippen LogP contribution is -2.48. The van der Waals surface area contributed by atoms with E-state index in [2.05, 4.69) is 16.0 Å². The van der Waals surface area contributed by atoms with E-state index in [1.807, 2.05) is 6.92 Å². The maximum atomic E-state index is 12.8. The first kappa shape index (κ1) is 21.1. The molecule has 3 N–H and O–H groups in total. The Morgan fingerprint density at radius 2 is 1.93 bits per heavy atom. The quantitative estimate of drug-likeness (QED) is 0.615. The Labute approximate surface area is 174 Å². The first-order valence-corrected chi connectivity index (χ1v) is 10.3. The second-order valence-electron chi connectivity index (χ2n) is 7.46. The van der Waals surface area contributed by atoms with Crippen LogP contribution < -0.4 is 16.0 Å². The average Bonchev–Trinajstić information content (AvgIpc) is 2.90. The number of hydrogen-bond donors (Lipinski definition) is 3. The number of amides is 5. The number of carbonyl (C=O) groups excluding carboxylic acids is 4. The van der Waals surface area contributed by atoms with Crippen LogP contribution >= 0.6 is 11.6 Å². The summed E-state index contributed by atoms with van der Waals surface area (Å²) in [5.74, 6) is -1.27. The van der Waals surface area contributed by atoms with Crippen LogP contribution in [0, 0.1) is 0 Å². The van der Waals surface area contributed by atoms with Crippen molar-refractivity contribution in [2.45, 2.75) is 51.0 Å². The molecule has 5 amide bonds. The molecule has 0 aromatic heterocycles. The third kappa shape index (κ3) is 4.53. The number of carbonyl (C=O) groups is 4. The van der Waals surface area contributed by atoms with Crippen molar-refractivity contribution in [3.63, 3.8) is 0 Å². The number of hydrogen-bond acceptors (Lipinski definition) is 4. The van der Waals surface area contributed by atoms with Crippen molar-refractivity contribution in [3.8, 4) is 0 Å². The van der Waals surface area contributed by atoms with E-state index < -0.39 is 24.0 Å². The lowest BCUT2D eigenvalue weighted by Gasteiger charge is -2.30. The highest BCUT2D eigenvalue weighted by Crippen LogP contribution is 2.33. The van der Waals surface area contributed by atoms with E-state index in [-0.39, 0.29) is 23.1 Å². The van der Waals surface area contributed by atoms with E-state index in [4.69, 9.17) is 11.6 Å². The molecule has 1 heterocycles. The Morgan fingerprint density at radius 3 is 2.62 bits per heavy atom. The molecule has 1 saturated carbocycles. The number of benzene rings is 1. The van der Waals surface area contributed by atoms with E-state index in [1.54, 1.807) is 6.07 Å². The second-order valence-corrected chi connectivity index (χ2v) is 7.89. The first-order chi connectivity index (χ1) is 13.9. The van der Waals surface area contributed by atoms with Gasteiger partial charge in [0.1, 0.15) is 12.1 Å². The molecule has 1 aromatic rings. The van der Waals surface area contributed by atoms with Gasteiger partial charge in [0.15, 0.2) is 0 Å². The lowest BCUT2D eigenvalue weighted by molar-refractivity contribution is -0.134. The Hall–Kier alpha value is -2.61. The number of halogens is 1. The molecule has 1 aliphatic carbocycles. The summed E-state index contributed by atoms with van der Waals surface area (Å²) in [5, 5.41) is 8.48. The molecule has 3 rings (SSSR count). The molecule has 0 radical (unpaired) electrons. The number of rotatable bonds is 6. The molecule has 0 bridgehead atoms. The molecule has 2 fully saturated rings. The topological polar surface area (TPSA) is 108 Å². The summed E-state index contributed by atoms with van der Waals surface area (Å²) in [6.07, 6.45) is 4.71. The molecule has 0 atom stereocenters. The van der Waals surface area contributed by atoms with Crippen molar-refractivity contribution in [2.24, 2.45) is 0 Å². The third-order valence-electron chi connectivity index (χ3n) is 5.29. The smallest absolute Gasteiger partial charge is 0.325 e. The Balaban J connectivity index is 1.71. The summed E-state index contributed by atoms with van der Waals surface area (Å²) in [5.41, 5.74) is -0.385. The maximum absolute atomic E-state index is 12.8. The van der Waals surface area contributed by atoms with Crippen molar-refractivity contribution in [3.05, 3.63) is 28.8 Å². The highest BCUT2D eigenvalue weighted by Gasteiger charge is 2.51. The highest BCUT2D eigenvalue weighted by molar-refractivity contribution is 6.31. The number of nitrogens with zero attached hydrogens (tertiary/aromatic N) is 1. The summed E-state index contributed by atoms with van der Waals surface area (Å²) in [6.45, 7) is 2.01. The number of urea groups is 1. The predicted octanol–water partition coefficient (Wildman–Crippen LogP) is 2.67. The van der Waals surface area contributed by atoms with Crippen molar-refractivity contribution < 1.29 is 19.2 Å². The van der Waals surface area contributed by atoms with Gasteiger partial charge in [-0.2, -0.15) is 0 Å². The maximum Gasteiger partial charge on any atom is 0.325 e. The normalized spacial score (nSPS) is 17.9. The molecule has 9 heteroatoms. The number of anilines is 1. The largest absolute Gasteiger partial charge is 0.352 e. The van der Waals surface area contributed by atoms with Crippen LogP contribution in [0.25, 0.3) is 0 Å². The van der Waals surface area contributed by atoms with Crippen molar-refractivity contribution in [1.82, 2.24) is 15.5 Å². The number of nitrogens with one attached hydrogen (secondary N) is 3. The molecule has 1 aromatic carbocycles. The van der Waals surface area contributed by atoms with Crippen LogP contribution in [0.4, 0.5) is 10.5 Å². The highest BCUT2D eigenvalue weighted by atomic mass is 35.5. The van der Waals surface area contributed by atoms with E-state index >= 15 is 0 Å². The Morgan fingerprint density at radius 1 is 1.21 bits per heavy atom. The molecule has 8 nitrogen and oxygen atoms in total. The van der Waals surface area contributed by atoms with Crippen molar-refractivity contribution in [2.75, 3.05) is 18.4 Å². The molecular formula is C20H25ClN4O4. The summed E-state index contributed by atoms with van der Waals surface area (Å²) in [4.78, 5) is 51.0. The Bertz CT molecular complexity index is 836. The third-order valence-corrected chi connectivity index (χ3v) is 5.53. The van der Waals surface area contributed by atoms with Crippen LogP contribution in [-0.2, 0) is 9.59 Å². The van der Waals surface area contributed by atoms with Gasteiger partial charge in [0.05, 0.1) is 11.3 Å². The van der Waals surface area contributed by atoms with Crippen LogP contribution in [0.2, 0.25) is 5.02 Å². The zero-order valence-electron chi connectivity index (χ0n) is 16.3. The van der Waals surface area contributed by atoms with Crippen LogP contribution in [-0.4, -0.2) is 47.3 Å². The van der Waals surface area contributed by atoms with Gasteiger partial charge in [0, 0.05) is 11.6 Å². The standard InChI is InChI=1S/C20H25ClN4O4/c1-2-10-22-17(27)14-7-6-13(21)11-15(14)23-16(26)12-25-18(28)20(24-19(25)29)8-4-3-5-9-20/h6-7,11H,2-5,8-10,12H2,1H3,(H,22,27)(H,23,26)(H,24,29). The first-order valence-electron chi connectivity index (χ1n) is 9.88. The zero-order chi connectivity index (χ0) is 21.0. The summed E-state index contributed by atoms with van der Waals surface area (Å²) < 4.78 is 0. The van der Waals surface area contributed by atoms with Gasteiger partial charge in [-0.25, -0.2) is 4.79 Å². The van der Waals surface area contributed by atoms with Gasteiger partial charge in [-0.1, -0.05) is 37.8 Å². The fourth-order valence-corrected chi connectivity index (χ4v) is 3.97. The minimum absolute atomic E-state index is 0.232. The summed E-state index contributed by atoms with van der Waals surface area (Å²) in [6, 6.07) is 3.99. The van der Waals surface area contributed by atoms with Gasteiger partial charge >= 0.3 is 6.03 Å². The molecule has 156 valence electrons. The molecular weight excluding hydrogens is 396 g/mol. The molecule has 29 heavy (non-hydrogen) atoms. The average molecular weight is 421 g/mol. The van der Waals surface area contributed by atoms with Crippen LogP contribution in [0.1, 0.15) is 55.8 Å². The molecule has 0 unspecified atom stereocenters. The van der Waals surface area contributed by atoms with E-state index in [9.17, 15) is 19.2 Å². The monoisotopic (exact) mass is 420 g/mol. The van der Waals surface area contributed by atoms with Gasteiger partial charge in [-0.15, -0.1) is 0 Å². The van der Waals surface area contributed by atoms with Crippen LogP contribution in [0.3, 0.4) is 0 Å². The molecule has 2 aliphatic rings. The van der Waals surface area contributed by atoms with E-state index in [1.165, 1.54) is 12.1 Å². The summed E-state index contributed by atoms with van der Waals surface area (Å²) in [7, 11) is 0. The van der Waals surface area contributed by atoms with Gasteiger partial charge in [-0.3, -0.25) is 19.3 Å². The fraction of sp³-hybridized carbons (Fsp3) is 0.500. The minimum atomic E-state index is -0.878. The fourth-order valence-electron chi connectivity index (χ4n) is 3.80. The lowest BCUT2D eigenvalue weighted by atomic mass is 9.82. The zero-order valence-corrected chi connectivity index (χ0v) is 17.1. The van der Waals surface area contributed by atoms with Crippen LogP contribution in [0.5, 0.6) is 0 Å². The SMILES string of the molecule is CCCNC(=O)c1ccc(Cl)cc1NC(=O)CN1C(=O)NC2(CCCCC2)C1=O. The summed E-state index contributed by atoms with van der Waals surface area (Å²) >= 11 is 6.01. The van der Waals surface area contributed by atoms with Gasteiger partial charge in [-0.05, 0) is 37.5 Å². The molecule has 1 saturated heterocycles.